The summed E-state index contributed by atoms with van der Waals surface area (Å²) < 4.78 is 13.2. The number of carbonyl (C=O) groups excluding carboxylic acids is 2. The Kier molecular flexibility index (Phi) is 11.3. The second-order valence-corrected chi connectivity index (χ2v) is 15.1. The minimum atomic E-state index is -0.267. The van der Waals surface area contributed by atoms with E-state index in [1.165, 1.54) is 12.0 Å². The predicted octanol–water partition coefficient (Wildman–Crippen LogP) is 5.69. The van der Waals surface area contributed by atoms with E-state index in [1.54, 1.807) is 31.4 Å². The molecule has 8 rings (SSSR count). The van der Waals surface area contributed by atoms with Gasteiger partial charge >= 0.3 is 0 Å². The number of piperazine rings is 1. The third kappa shape index (κ3) is 8.14. The number of aryl methyl sites for hydroxylation is 2. The van der Waals surface area contributed by atoms with E-state index >= 15 is 0 Å². The molecule has 5 aromatic rings. The van der Waals surface area contributed by atoms with Crippen molar-refractivity contribution >= 4 is 28.5 Å². The van der Waals surface area contributed by atoms with E-state index in [1.807, 2.05) is 23.0 Å². The number of nitrogens with one attached hydrogen (secondary N) is 4. The molecule has 4 N–H and O–H groups in total. The molecule has 3 aliphatic heterocycles. The molecule has 2 bridgehead atoms. The van der Waals surface area contributed by atoms with Crippen LogP contribution in [0, 0.1) is 0 Å². The smallest absolute Gasteiger partial charge is 0.251 e. The summed E-state index contributed by atoms with van der Waals surface area (Å²) in [5, 5.41) is 19.1. The van der Waals surface area contributed by atoms with Crippen LogP contribution in [0.5, 0.6) is 5.75 Å². The average molecular weight is 757 g/mol. The molecule has 2 amide bonds. The van der Waals surface area contributed by atoms with Crippen LogP contribution in [-0.2, 0) is 37.3 Å². The van der Waals surface area contributed by atoms with E-state index in [4.69, 9.17) is 14.5 Å². The molecule has 12 nitrogen and oxygen atoms in total. The van der Waals surface area contributed by atoms with Crippen molar-refractivity contribution in [1.82, 2.24) is 35.6 Å². The SMILES string of the molecule is CCc1nc2c(cnn2CC)c(NC2CCOCC2)c1CNC(=O)c1cccc(C(=O)NCc2cc(OC)cc(-c3cccc(CN4C[C@@H]5CC4CN5)c3)c2)c1. The largest absolute Gasteiger partial charge is 0.497 e. The van der Waals surface area contributed by atoms with Gasteiger partial charge in [0.15, 0.2) is 5.65 Å². The summed E-state index contributed by atoms with van der Waals surface area (Å²) in [4.78, 5) is 34.7. The van der Waals surface area contributed by atoms with E-state index < -0.39 is 0 Å². The first-order valence-corrected chi connectivity index (χ1v) is 20.0. The van der Waals surface area contributed by atoms with Crippen molar-refractivity contribution in [3.63, 3.8) is 0 Å². The molecule has 0 spiro atoms. The van der Waals surface area contributed by atoms with Gasteiger partial charge in [-0.3, -0.25) is 14.5 Å². The highest BCUT2D eigenvalue weighted by Crippen LogP contribution is 2.32. The number of pyridine rings is 1. The van der Waals surface area contributed by atoms with Crippen LogP contribution in [0.3, 0.4) is 0 Å². The van der Waals surface area contributed by atoms with Gasteiger partial charge < -0.3 is 30.7 Å². The average Bonchev–Trinajstić information content (AvgIpc) is 3.99. The Morgan fingerprint density at radius 1 is 0.929 bits per heavy atom. The van der Waals surface area contributed by atoms with Crippen LogP contribution in [0.25, 0.3) is 22.2 Å². The van der Waals surface area contributed by atoms with Crippen molar-refractivity contribution in [3.05, 3.63) is 106 Å². The molecule has 56 heavy (non-hydrogen) atoms. The van der Waals surface area contributed by atoms with Crippen molar-refractivity contribution in [2.24, 2.45) is 0 Å². The number of nitrogens with zero attached hydrogens (tertiary/aromatic N) is 4. The summed E-state index contributed by atoms with van der Waals surface area (Å²) in [5.41, 5.74) is 8.83. The van der Waals surface area contributed by atoms with Crippen LogP contribution < -0.4 is 26.0 Å². The minimum absolute atomic E-state index is 0.251. The molecule has 1 unspecified atom stereocenters. The van der Waals surface area contributed by atoms with Gasteiger partial charge in [-0.25, -0.2) is 9.67 Å². The van der Waals surface area contributed by atoms with Gasteiger partial charge in [-0.15, -0.1) is 0 Å². The van der Waals surface area contributed by atoms with E-state index in [9.17, 15) is 9.59 Å². The van der Waals surface area contributed by atoms with Crippen LogP contribution in [-0.4, -0.2) is 83.0 Å². The second-order valence-electron chi connectivity index (χ2n) is 15.1. The first-order valence-electron chi connectivity index (χ1n) is 20.0. The van der Waals surface area contributed by atoms with Gasteiger partial charge in [-0.2, -0.15) is 5.10 Å². The van der Waals surface area contributed by atoms with Gasteiger partial charge in [0, 0.05) is 93.0 Å². The molecule has 292 valence electrons. The summed E-state index contributed by atoms with van der Waals surface area (Å²) in [6.45, 7) is 9.96. The van der Waals surface area contributed by atoms with Crippen LogP contribution >= 0.6 is 0 Å². The lowest BCUT2D eigenvalue weighted by molar-refractivity contribution is 0.0904. The van der Waals surface area contributed by atoms with E-state index in [-0.39, 0.29) is 24.4 Å². The number of anilines is 1. The predicted molar refractivity (Wildman–Crippen MR) is 218 cm³/mol. The van der Waals surface area contributed by atoms with Crippen molar-refractivity contribution in [2.45, 2.75) is 83.8 Å². The third-order valence-electron chi connectivity index (χ3n) is 11.5. The second kappa shape index (κ2) is 16.8. The maximum Gasteiger partial charge on any atom is 0.251 e. The number of benzene rings is 3. The number of likely N-dealkylation sites (tertiary alicyclic amines) is 1. The standard InChI is InChI=1S/C44H52N8O4/c1-4-40-38(41(49-34-12-14-56-15-13-34)39-25-48-52(5-2)42(39)50-40)24-47-44(54)32-11-7-10-31(19-32)43(53)46-22-29-17-33(20-37(18-29)55-3)30-9-6-8-28(16-30)26-51-27-35-21-36(51)23-45-35/h6-11,16-20,25,34-36,45H,4-5,12-15,21-24,26-27H2,1-3H3,(H,46,53)(H,47,54)(H,49,50)/t35-,36?/m0/s1. The number of amides is 2. The molecule has 3 aliphatic rings. The number of carbonyl (C=O) groups is 2. The highest BCUT2D eigenvalue weighted by Gasteiger charge is 2.37. The van der Waals surface area contributed by atoms with Crippen LogP contribution in [0.4, 0.5) is 5.69 Å². The van der Waals surface area contributed by atoms with Crippen molar-refractivity contribution in [1.29, 1.82) is 0 Å². The maximum atomic E-state index is 13.6. The monoisotopic (exact) mass is 756 g/mol. The molecule has 0 radical (unpaired) electrons. The number of hydrogen-bond donors (Lipinski definition) is 4. The Morgan fingerprint density at radius 3 is 2.41 bits per heavy atom. The Labute approximate surface area is 328 Å². The summed E-state index contributed by atoms with van der Waals surface area (Å²) in [5.74, 6) is 0.195. The van der Waals surface area contributed by atoms with E-state index in [2.05, 4.69) is 75.4 Å². The van der Waals surface area contributed by atoms with Crippen molar-refractivity contribution in [3.8, 4) is 16.9 Å². The first-order chi connectivity index (χ1) is 27.4. The van der Waals surface area contributed by atoms with Gasteiger partial charge in [0.05, 0.1) is 24.4 Å². The molecule has 2 aromatic heterocycles. The van der Waals surface area contributed by atoms with Gasteiger partial charge in [-0.1, -0.05) is 31.2 Å². The molecule has 3 fully saturated rings. The summed E-state index contributed by atoms with van der Waals surface area (Å²) in [6, 6.07) is 23.1. The Morgan fingerprint density at radius 2 is 1.70 bits per heavy atom. The normalized spacial score (nSPS) is 18.3. The Bertz CT molecular complexity index is 2210. The first kappa shape index (κ1) is 37.6. The number of fused-ring (bicyclic) bond motifs is 3. The zero-order chi connectivity index (χ0) is 38.6. The lowest BCUT2D eigenvalue weighted by atomic mass is 10.00. The van der Waals surface area contributed by atoms with Crippen LogP contribution in [0.2, 0.25) is 0 Å². The minimum Gasteiger partial charge on any atom is -0.497 e. The summed E-state index contributed by atoms with van der Waals surface area (Å²) in [6.07, 6.45) is 5.60. The highest BCUT2D eigenvalue weighted by atomic mass is 16.5. The fraction of sp³-hybridized carbons (Fsp3) is 0.409. The molecule has 0 aliphatic carbocycles. The molecule has 2 atom stereocenters. The van der Waals surface area contributed by atoms with E-state index in [0.29, 0.717) is 55.9 Å². The topological polar surface area (TPSA) is 135 Å². The molecule has 3 aromatic carbocycles. The van der Waals surface area contributed by atoms with Crippen LogP contribution in [0.15, 0.2) is 72.9 Å². The fourth-order valence-electron chi connectivity index (χ4n) is 8.43. The number of ether oxygens (including phenoxy) is 2. The van der Waals surface area contributed by atoms with Gasteiger partial charge in [0.2, 0.25) is 0 Å². The molecule has 5 heterocycles. The van der Waals surface area contributed by atoms with Crippen molar-refractivity contribution in [2.75, 3.05) is 38.7 Å². The van der Waals surface area contributed by atoms with Crippen LogP contribution in [0.1, 0.15) is 76.2 Å². The molecular formula is C44H52N8O4. The number of aromatic nitrogens is 3. The third-order valence-corrected chi connectivity index (χ3v) is 11.5. The van der Waals surface area contributed by atoms with Gasteiger partial charge in [0.25, 0.3) is 11.8 Å². The highest BCUT2D eigenvalue weighted by molar-refractivity contribution is 6.00. The quantitative estimate of drug-likeness (QED) is 0.113. The van der Waals surface area contributed by atoms with E-state index in [0.717, 1.165) is 82.9 Å². The number of methoxy groups -OCH3 is 1. The number of hydrogen-bond acceptors (Lipinski definition) is 9. The molecular weight excluding hydrogens is 705 g/mol. The zero-order valence-corrected chi connectivity index (χ0v) is 32.6. The Balaban J connectivity index is 0.943. The maximum absolute atomic E-state index is 13.6. The lowest BCUT2D eigenvalue weighted by Gasteiger charge is -2.27. The lowest BCUT2D eigenvalue weighted by Crippen LogP contribution is -2.42. The van der Waals surface area contributed by atoms with Gasteiger partial charge in [0.1, 0.15) is 5.75 Å². The summed E-state index contributed by atoms with van der Waals surface area (Å²) >= 11 is 0. The Hall–Kier alpha value is -5.30. The fourth-order valence-corrected chi connectivity index (χ4v) is 8.43. The number of rotatable bonds is 14. The molecule has 0 saturated carbocycles. The van der Waals surface area contributed by atoms with Gasteiger partial charge in [-0.05, 0) is 97.3 Å². The zero-order valence-electron chi connectivity index (χ0n) is 32.6. The molecule has 12 heteroatoms. The summed E-state index contributed by atoms with van der Waals surface area (Å²) in [7, 11) is 1.66. The van der Waals surface area contributed by atoms with Crippen molar-refractivity contribution < 1.29 is 19.1 Å². The molecule has 3 saturated heterocycles.